The molecule has 146 valence electrons. The number of benzene rings is 2. The Kier molecular flexibility index (Phi) is 6.18. The number of aromatic carboxylic acids is 1. The summed E-state index contributed by atoms with van der Waals surface area (Å²) in [5, 5.41) is 25.3. The number of carbonyl (C=O) groups excluding carboxylic acids is 1. The molecule has 9 heteroatoms. The number of amides is 1. The van der Waals surface area contributed by atoms with Crippen LogP contribution in [0.3, 0.4) is 0 Å². The molecule has 6 N–H and O–H groups in total. The summed E-state index contributed by atoms with van der Waals surface area (Å²) in [4.78, 5) is 23.6. The van der Waals surface area contributed by atoms with Gasteiger partial charge in [-0.15, -0.1) is 0 Å². The van der Waals surface area contributed by atoms with E-state index in [1.54, 1.807) is 12.1 Å². The van der Waals surface area contributed by atoms with Crippen LogP contribution in [0, 0.1) is 0 Å². The molecule has 1 unspecified atom stereocenters. The molecule has 0 fully saturated rings. The van der Waals surface area contributed by atoms with E-state index >= 15 is 0 Å². The Labute approximate surface area is 162 Å². The minimum atomic E-state index is -1.32. The van der Waals surface area contributed by atoms with Gasteiger partial charge in [-0.2, -0.15) is 0 Å². The van der Waals surface area contributed by atoms with Crippen molar-refractivity contribution in [1.82, 2.24) is 5.32 Å². The molecule has 1 aliphatic rings. The molecule has 0 aromatic heterocycles. The van der Waals surface area contributed by atoms with E-state index in [1.807, 2.05) is 24.3 Å². The summed E-state index contributed by atoms with van der Waals surface area (Å²) in [7, 11) is -1.32. The normalized spacial score (nSPS) is 15.4. The molecule has 1 amide bonds. The van der Waals surface area contributed by atoms with Crippen LogP contribution < -0.4 is 21.0 Å². The third-order valence-corrected chi connectivity index (χ3v) is 4.49. The van der Waals surface area contributed by atoms with Crippen molar-refractivity contribution in [2.45, 2.75) is 18.8 Å². The SMILES string of the molecule is NCCNc1ccc(CC(=O)NC2Cc3cccc(C(=O)O)c3OB2O)cc1. The summed E-state index contributed by atoms with van der Waals surface area (Å²) in [6.07, 6.45) is 0.438. The molecular weight excluding hydrogens is 361 g/mol. The van der Waals surface area contributed by atoms with Crippen LogP contribution in [0.1, 0.15) is 21.5 Å². The average Bonchev–Trinajstić information content (AvgIpc) is 2.67. The number of carboxylic acid groups (broad SMARTS) is 1. The number of para-hydroxylation sites is 1. The van der Waals surface area contributed by atoms with Gasteiger partial charge < -0.3 is 31.2 Å². The first-order chi connectivity index (χ1) is 13.5. The van der Waals surface area contributed by atoms with Crippen LogP contribution in [0.15, 0.2) is 42.5 Å². The van der Waals surface area contributed by atoms with Crippen LogP contribution in [-0.4, -0.2) is 48.2 Å². The third kappa shape index (κ3) is 4.62. The molecule has 0 radical (unpaired) electrons. The Balaban J connectivity index is 1.61. The summed E-state index contributed by atoms with van der Waals surface area (Å²) in [5.74, 6) is -1.90. The monoisotopic (exact) mass is 383 g/mol. The van der Waals surface area contributed by atoms with Crippen molar-refractivity contribution in [3.63, 3.8) is 0 Å². The highest BCUT2D eigenvalue weighted by Gasteiger charge is 2.37. The minimum absolute atomic E-state index is 0.00957. The van der Waals surface area contributed by atoms with Crippen LogP contribution in [0.4, 0.5) is 5.69 Å². The number of hydrogen-bond donors (Lipinski definition) is 5. The van der Waals surface area contributed by atoms with Gasteiger partial charge in [0, 0.05) is 18.8 Å². The smallest absolute Gasteiger partial charge is 0.534 e. The van der Waals surface area contributed by atoms with Crippen LogP contribution in [-0.2, 0) is 17.6 Å². The van der Waals surface area contributed by atoms with Crippen LogP contribution in [0.25, 0.3) is 0 Å². The van der Waals surface area contributed by atoms with E-state index in [0.29, 0.717) is 18.7 Å². The third-order valence-electron chi connectivity index (χ3n) is 4.49. The molecule has 1 aliphatic heterocycles. The first-order valence-corrected chi connectivity index (χ1v) is 9.00. The molecule has 0 spiro atoms. The van der Waals surface area contributed by atoms with Gasteiger partial charge in [0.1, 0.15) is 5.75 Å². The van der Waals surface area contributed by atoms with E-state index in [1.165, 1.54) is 6.07 Å². The van der Waals surface area contributed by atoms with E-state index in [2.05, 4.69) is 10.6 Å². The molecular formula is C19H22BN3O5. The van der Waals surface area contributed by atoms with Gasteiger partial charge in [0.25, 0.3) is 0 Å². The van der Waals surface area contributed by atoms with E-state index < -0.39 is 19.0 Å². The zero-order valence-electron chi connectivity index (χ0n) is 15.2. The number of carboxylic acids is 1. The molecule has 0 bridgehead atoms. The van der Waals surface area contributed by atoms with Crippen molar-refractivity contribution in [3.8, 4) is 5.75 Å². The Morgan fingerprint density at radius 1 is 1.21 bits per heavy atom. The fourth-order valence-corrected chi connectivity index (χ4v) is 3.12. The van der Waals surface area contributed by atoms with Gasteiger partial charge in [-0.25, -0.2) is 4.79 Å². The molecule has 28 heavy (non-hydrogen) atoms. The maximum Gasteiger partial charge on any atom is 0.547 e. The Morgan fingerprint density at radius 2 is 1.96 bits per heavy atom. The van der Waals surface area contributed by atoms with E-state index in [-0.39, 0.29) is 30.1 Å². The predicted octanol–water partition coefficient (Wildman–Crippen LogP) is 0.438. The van der Waals surface area contributed by atoms with Crippen molar-refractivity contribution in [1.29, 1.82) is 0 Å². The molecule has 0 saturated carbocycles. The van der Waals surface area contributed by atoms with E-state index in [9.17, 15) is 19.7 Å². The quantitative estimate of drug-likeness (QED) is 0.438. The highest BCUT2D eigenvalue weighted by atomic mass is 16.5. The van der Waals surface area contributed by atoms with Crippen molar-refractivity contribution in [2.75, 3.05) is 18.4 Å². The molecule has 3 rings (SSSR count). The predicted molar refractivity (Wildman–Crippen MR) is 105 cm³/mol. The van der Waals surface area contributed by atoms with Gasteiger partial charge in [-0.05, 0) is 35.7 Å². The first kappa shape index (κ1) is 19.7. The lowest BCUT2D eigenvalue weighted by molar-refractivity contribution is -0.120. The second kappa shape index (κ2) is 8.77. The maximum atomic E-state index is 12.4. The lowest BCUT2D eigenvalue weighted by Crippen LogP contribution is -2.53. The molecule has 2 aromatic carbocycles. The maximum absolute atomic E-state index is 12.4. The lowest BCUT2D eigenvalue weighted by Gasteiger charge is -2.28. The van der Waals surface area contributed by atoms with Gasteiger partial charge in [0.15, 0.2) is 0 Å². The highest BCUT2D eigenvalue weighted by molar-refractivity contribution is 6.47. The number of hydrogen-bond acceptors (Lipinski definition) is 6. The number of nitrogens with one attached hydrogen (secondary N) is 2. The van der Waals surface area contributed by atoms with Gasteiger partial charge in [-0.3, -0.25) is 4.79 Å². The number of fused-ring (bicyclic) bond motifs is 1. The number of anilines is 1. The first-order valence-electron chi connectivity index (χ1n) is 9.00. The van der Waals surface area contributed by atoms with Gasteiger partial charge >= 0.3 is 13.1 Å². The number of nitrogens with two attached hydrogens (primary N) is 1. The molecule has 1 heterocycles. The van der Waals surface area contributed by atoms with E-state index in [0.717, 1.165) is 11.3 Å². The van der Waals surface area contributed by atoms with Gasteiger partial charge in [0.05, 0.1) is 17.9 Å². The topological polar surface area (TPSA) is 134 Å². The molecule has 0 saturated heterocycles. The molecule has 0 aliphatic carbocycles. The van der Waals surface area contributed by atoms with Crippen LogP contribution in [0.5, 0.6) is 5.75 Å². The largest absolute Gasteiger partial charge is 0.547 e. The Hall–Kier alpha value is -3.04. The van der Waals surface area contributed by atoms with Crippen molar-refractivity contribution in [3.05, 3.63) is 59.2 Å². The summed E-state index contributed by atoms with van der Waals surface area (Å²) >= 11 is 0. The second-order valence-electron chi connectivity index (χ2n) is 6.57. The Bertz CT molecular complexity index is 859. The van der Waals surface area contributed by atoms with Crippen molar-refractivity contribution >= 4 is 24.7 Å². The van der Waals surface area contributed by atoms with E-state index in [4.69, 9.17) is 10.4 Å². The second-order valence-corrected chi connectivity index (χ2v) is 6.57. The molecule has 2 aromatic rings. The van der Waals surface area contributed by atoms with Crippen LogP contribution >= 0.6 is 0 Å². The van der Waals surface area contributed by atoms with Crippen LogP contribution in [0.2, 0.25) is 0 Å². The fourth-order valence-electron chi connectivity index (χ4n) is 3.12. The number of rotatable bonds is 7. The molecule has 1 atom stereocenters. The number of carbonyl (C=O) groups is 2. The van der Waals surface area contributed by atoms with Gasteiger partial charge in [-0.1, -0.05) is 24.3 Å². The van der Waals surface area contributed by atoms with Crippen molar-refractivity contribution in [2.24, 2.45) is 5.73 Å². The van der Waals surface area contributed by atoms with Crippen molar-refractivity contribution < 1.29 is 24.4 Å². The highest BCUT2D eigenvalue weighted by Crippen LogP contribution is 2.30. The minimum Gasteiger partial charge on any atom is -0.534 e. The summed E-state index contributed by atoms with van der Waals surface area (Å²) in [6, 6.07) is 12.2. The zero-order chi connectivity index (χ0) is 20.1. The zero-order valence-corrected chi connectivity index (χ0v) is 15.2. The van der Waals surface area contributed by atoms with Gasteiger partial charge in [0.2, 0.25) is 5.91 Å². The summed E-state index contributed by atoms with van der Waals surface area (Å²) in [6.45, 7) is 1.21. The summed E-state index contributed by atoms with van der Waals surface area (Å²) in [5.41, 5.74) is 7.83. The fraction of sp³-hybridized carbons (Fsp3) is 0.263. The standard InChI is InChI=1S/C19H22BN3O5/c21-8-9-22-14-6-4-12(5-7-14)10-17(24)23-16-11-13-2-1-3-15(19(25)26)18(13)28-20(16)27/h1-7,16,22,27H,8-11,21H2,(H,23,24)(H,25,26). The average molecular weight is 383 g/mol. The molecule has 8 nitrogen and oxygen atoms in total. The summed E-state index contributed by atoms with van der Waals surface area (Å²) < 4.78 is 5.38. The lowest BCUT2D eigenvalue weighted by atomic mass is 9.72. The Morgan fingerprint density at radius 3 is 2.64 bits per heavy atom.